The number of fused-ring (bicyclic) bond motifs is 1. The van der Waals surface area contributed by atoms with Crippen LogP contribution in [0.15, 0.2) is 58.8 Å². The molecule has 0 radical (unpaired) electrons. The molecule has 1 aromatic heterocycles. The van der Waals surface area contributed by atoms with Gasteiger partial charge in [-0.05, 0) is 59.5 Å². The van der Waals surface area contributed by atoms with E-state index in [1.54, 1.807) is 11.3 Å². The zero-order valence-corrected chi connectivity index (χ0v) is 20.0. The number of hydrogen-bond donors (Lipinski definition) is 2. The molecule has 3 aromatic rings. The Morgan fingerprint density at radius 2 is 1.88 bits per heavy atom. The number of primary amides is 1. The number of nitrogens with one attached hydrogen (secondary N) is 1. The summed E-state index contributed by atoms with van der Waals surface area (Å²) in [6, 6.07) is 15.7. The maximum Gasteiger partial charge on any atom is 0.233 e. The number of carbonyl (C=O) groups is 2. The summed E-state index contributed by atoms with van der Waals surface area (Å²) in [6.45, 7) is 1.84. The number of thiophene rings is 1. The maximum absolute atomic E-state index is 12.3. The predicted molar refractivity (Wildman–Crippen MR) is 135 cm³/mol. The first-order chi connectivity index (χ1) is 16.0. The molecule has 174 valence electrons. The highest BCUT2D eigenvalue weighted by molar-refractivity contribution is 8.16. The van der Waals surface area contributed by atoms with Gasteiger partial charge < -0.3 is 20.5 Å². The van der Waals surface area contributed by atoms with E-state index >= 15 is 0 Å². The molecule has 6 nitrogen and oxygen atoms in total. The molecule has 0 bridgehead atoms. The number of hydrogen-bond acceptors (Lipinski definition) is 5. The Morgan fingerprint density at radius 1 is 1.15 bits per heavy atom. The molecular formula is C25H28N2O4S2. The van der Waals surface area contributed by atoms with E-state index < -0.39 is 15.2 Å². The van der Waals surface area contributed by atoms with Crippen molar-refractivity contribution in [2.75, 3.05) is 26.4 Å². The fraction of sp³-hybridized carbons (Fsp3) is 0.320. The van der Waals surface area contributed by atoms with E-state index in [0.717, 1.165) is 15.8 Å². The van der Waals surface area contributed by atoms with Crippen LogP contribution < -0.4 is 15.8 Å². The van der Waals surface area contributed by atoms with E-state index in [4.69, 9.17) is 15.2 Å². The predicted octanol–water partition coefficient (Wildman–Crippen LogP) is 3.73. The number of rotatable bonds is 9. The minimum atomic E-state index is -0.654. The van der Waals surface area contributed by atoms with Crippen molar-refractivity contribution in [1.29, 1.82) is 0 Å². The Morgan fingerprint density at radius 3 is 2.61 bits per heavy atom. The van der Waals surface area contributed by atoms with Crippen LogP contribution in [0, 0.1) is 0 Å². The van der Waals surface area contributed by atoms with Gasteiger partial charge in [-0.2, -0.15) is 0 Å². The SMILES string of the molecule is C=S(c1ccc(OCCNC(=O)Cc2csc3ccccc23)cc1)C1(C(N)=O)CCOCC1. The third-order valence-electron chi connectivity index (χ3n) is 5.93. The van der Waals surface area contributed by atoms with E-state index in [-0.39, 0.29) is 11.8 Å². The average molecular weight is 485 g/mol. The molecule has 0 saturated carbocycles. The molecule has 8 heteroatoms. The summed E-state index contributed by atoms with van der Waals surface area (Å²) in [5.74, 6) is 4.65. The molecule has 3 N–H and O–H groups in total. The molecule has 2 heterocycles. The van der Waals surface area contributed by atoms with Crippen LogP contribution >= 0.6 is 21.8 Å². The molecule has 1 unspecified atom stereocenters. The zero-order chi connectivity index (χ0) is 23.3. The zero-order valence-electron chi connectivity index (χ0n) is 18.4. The first-order valence-corrected chi connectivity index (χ1v) is 13.1. The minimum absolute atomic E-state index is 0.0215. The normalized spacial score (nSPS) is 16.2. The van der Waals surface area contributed by atoms with Crippen LogP contribution in [0.1, 0.15) is 18.4 Å². The summed E-state index contributed by atoms with van der Waals surface area (Å²) in [4.78, 5) is 25.5. The maximum atomic E-state index is 12.3. The highest BCUT2D eigenvalue weighted by atomic mass is 32.2. The molecule has 0 spiro atoms. The van der Waals surface area contributed by atoms with Gasteiger partial charge in [0, 0.05) is 22.8 Å². The molecule has 1 aliphatic heterocycles. The Labute approximate surface area is 200 Å². The lowest BCUT2D eigenvalue weighted by atomic mass is 9.98. The number of carbonyl (C=O) groups excluding carboxylic acids is 2. The highest BCUT2D eigenvalue weighted by Gasteiger charge is 2.41. The lowest BCUT2D eigenvalue weighted by Crippen LogP contribution is -2.46. The van der Waals surface area contributed by atoms with Gasteiger partial charge in [0.15, 0.2) is 0 Å². The Hall–Kier alpha value is -2.68. The van der Waals surface area contributed by atoms with Gasteiger partial charge in [-0.15, -0.1) is 21.8 Å². The van der Waals surface area contributed by atoms with Gasteiger partial charge in [-0.3, -0.25) is 9.59 Å². The number of benzene rings is 2. The van der Waals surface area contributed by atoms with Crippen molar-refractivity contribution < 1.29 is 19.1 Å². The fourth-order valence-electron chi connectivity index (χ4n) is 4.01. The van der Waals surface area contributed by atoms with E-state index in [9.17, 15) is 9.59 Å². The Bertz CT molecular complexity index is 1150. The molecule has 1 aliphatic rings. The topological polar surface area (TPSA) is 90.6 Å². The van der Waals surface area contributed by atoms with Crippen LogP contribution in [-0.4, -0.2) is 48.8 Å². The van der Waals surface area contributed by atoms with E-state index in [2.05, 4.69) is 17.3 Å². The summed E-state index contributed by atoms with van der Waals surface area (Å²) >= 11 is 1.65. The van der Waals surface area contributed by atoms with E-state index in [0.29, 0.717) is 51.4 Å². The van der Waals surface area contributed by atoms with Crippen LogP contribution in [0.25, 0.3) is 10.1 Å². The number of amides is 2. The second-order valence-electron chi connectivity index (χ2n) is 7.97. The van der Waals surface area contributed by atoms with Crippen molar-refractivity contribution in [3.05, 3.63) is 59.5 Å². The smallest absolute Gasteiger partial charge is 0.233 e. The van der Waals surface area contributed by atoms with Gasteiger partial charge in [0.2, 0.25) is 11.8 Å². The Kier molecular flexibility index (Phi) is 7.47. The van der Waals surface area contributed by atoms with Gasteiger partial charge >= 0.3 is 0 Å². The van der Waals surface area contributed by atoms with Crippen molar-refractivity contribution in [2.45, 2.75) is 28.9 Å². The van der Waals surface area contributed by atoms with Crippen molar-refractivity contribution in [1.82, 2.24) is 5.32 Å². The van der Waals surface area contributed by atoms with E-state index in [1.807, 2.05) is 47.8 Å². The standard InChI is InChI=1S/C25H28N2O4S2/c1-33(25(24(26)29)10-13-30-14-11-25)20-8-6-19(7-9-20)31-15-12-27-23(28)16-18-17-32-22-5-3-2-4-21(18)22/h2-9,17H,1,10-16H2,(H2,26,29)(H,27,28). The Balaban J connectivity index is 1.26. The third kappa shape index (κ3) is 5.29. The average Bonchev–Trinajstić information content (AvgIpc) is 3.25. The summed E-state index contributed by atoms with van der Waals surface area (Å²) in [5.41, 5.74) is 6.81. The minimum Gasteiger partial charge on any atom is -0.492 e. The summed E-state index contributed by atoms with van der Waals surface area (Å²) in [6.07, 6.45) is 1.54. The molecule has 4 rings (SSSR count). The number of nitrogens with two attached hydrogens (primary N) is 1. The molecule has 1 atom stereocenters. The fourth-order valence-corrected chi connectivity index (χ4v) is 6.79. The van der Waals surface area contributed by atoms with Crippen molar-refractivity contribution in [3.8, 4) is 5.75 Å². The highest BCUT2D eigenvalue weighted by Crippen LogP contribution is 2.45. The lowest BCUT2D eigenvalue weighted by Gasteiger charge is -2.36. The molecule has 2 aromatic carbocycles. The van der Waals surface area contributed by atoms with Gasteiger partial charge in [0.05, 0.1) is 17.7 Å². The van der Waals surface area contributed by atoms with Crippen molar-refractivity contribution in [3.63, 3.8) is 0 Å². The second-order valence-corrected chi connectivity index (χ2v) is 10.9. The monoisotopic (exact) mass is 484 g/mol. The first-order valence-electron chi connectivity index (χ1n) is 10.9. The molecule has 33 heavy (non-hydrogen) atoms. The van der Waals surface area contributed by atoms with Crippen LogP contribution in [0.4, 0.5) is 0 Å². The molecule has 0 aliphatic carbocycles. The molecular weight excluding hydrogens is 456 g/mol. The molecule has 1 fully saturated rings. The van der Waals surface area contributed by atoms with Gasteiger partial charge in [0.1, 0.15) is 12.4 Å². The lowest BCUT2D eigenvalue weighted by molar-refractivity contribution is -0.122. The second kappa shape index (κ2) is 10.5. The van der Waals surface area contributed by atoms with Crippen LogP contribution in [0.3, 0.4) is 0 Å². The largest absolute Gasteiger partial charge is 0.492 e. The van der Waals surface area contributed by atoms with Crippen LogP contribution in [0.5, 0.6) is 5.75 Å². The summed E-state index contributed by atoms with van der Waals surface area (Å²) in [5, 5.41) is 6.09. The van der Waals surface area contributed by atoms with Crippen molar-refractivity contribution >= 4 is 49.6 Å². The van der Waals surface area contributed by atoms with E-state index in [1.165, 1.54) is 4.70 Å². The van der Waals surface area contributed by atoms with Gasteiger partial charge in [-0.25, -0.2) is 0 Å². The third-order valence-corrected chi connectivity index (χ3v) is 9.34. The number of ether oxygens (including phenoxy) is 2. The summed E-state index contributed by atoms with van der Waals surface area (Å²) in [7, 11) is -0.573. The first kappa shape index (κ1) is 23.5. The van der Waals surface area contributed by atoms with Crippen LogP contribution in [0.2, 0.25) is 0 Å². The molecule has 1 saturated heterocycles. The van der Waals surface area contributed by atoms with Gasteiger partial charge in [0.25, 0.3) is 0 Å². The van der Waals surface area contributed by atoms with Crippen molar-refractivity contribution in [2.24, 2.45) is 5.73 Å². The quantitative estimate of drug-likeness (QED) is 0.358. The molecule has 2 amide bonds. The van der Waals surface area contributed by atoms with Gasteiger partial charge in [-0.1, -0.05) is 24.1 Å². The summed E-state index contributed by atoms with van der Waals surface area (Å²) < 4.78 is 11.7. The van der Waals surface area contributed by atoms with Crippen LogP contribution in [-0.2, 0) is 20.7 Å².